The van der Waals surface area contributed by atoms with Crippen LogP contribution in [0.1, 0.15) is 25.5 Å². The lowest BCUT2D eigenvalue weighted by molar-refractivity contribution is -0.122. The monoisotopic (exact) mass is 289 g/mol. The Bertz CT molecular complexity index is 449. The molecule has 20 heavy (non-hydrogen) atoms. The summed E-state index contributed by atoms with van der Waals surface area (Å²) in [4.78, 5) is 11.4. The molecule has 0 spiro atoms. The second-order valence-corrected chi connectivity index (χ2v) is 4.29. The summed E-state index contributed by atoms with van der Waals surface area (Å²) in [6, 6.07) is 6.09. The second kappa shape index (κ2) is 7.14. The van der Waals surface area contributed by atoms with Gasteiger partial charge in [-0.1, -0.05) is 25.1 Å². The van der Waals surface area contributed by atoms with E-state index >= 15 is 0 Å². The first-order valence-electron chi connectivity index (χ1n) is 6.27. The van der Waals surface area contributed by atoms with Crippen molar-refractivity contribution in [1.82, 2.24) is 10.6 Å². The molecule has 1 atom stereocenters. The molecule has 4 nitrogen and oxygen atoms in total. The van der Waals surface area contributed by atoms with Gasteiger partial charge >= 0.3 is 12.2 Å². The molecule has 0 radical (unpaired) electrons. The highest BCUT2D eigenvalue weighted by Gasteiger charge is 2.27. The van der Waals surface area contributed by atoms with Crippen LogP contribution < -0.4 is 16.0 Å². The third-order valence-electron chi connectivity index (χ3n) is 2.64. The molecule has 112 valence electrons. The molecule has 0 aromatic heterocycles. The van der Waals surface area contributed by atoms with Crippen LogP contribution in [0.3, 0.4) is 0 Å². The SMILES string of the molecule is CCNC(C)c1ccccc1NC(=O)NCC(F)(F)F. The van der Waals surface area contributed by atoms with Crippen LogP contribution >= 0.6 is 0 Å². The third kappa shape index (κ3) is 5.48. The van der Waals surface area contributed by atoms with Crippen LogP contribution in [0, 0.1) is 0 Å². The summed E-state index contributed by atoms with van der Waals surface area (Å²) in [7, 11) is 0. The summed E-state index contributed by atoms with van der Waals surface area (Å²) in [5.41, 5.74) is 1.30. The molecule has 1 unspecified atom stereocenters. The number of benzene rings is 1. The highest BCUT2D eigenvalue weighted by atomic mass is 19.4. The lowest BCUT2D eigenvalue weighted by Crippen LogP contribution is -2.37. The predicted molar refractivity (Wildman–Crippen MR) is 71.6 cm³/mol. The average molecular weight is 289 g/mol. The van der Waals surface area contributed by atoms with Gasteiger partial charge in [0.15, 0.2) is 0 Å². The Labute approximate surface area is 115 Å². The summed E-state index contributed by atoms with van der Waals surface area (Å²) in [5.74, 6) is 0. The van der Waals surface area contributed by atoms with Crippen molar-refractivity contribution in [3.8, 4) is 0 Å². The number of urea groups is 1. The number of hydrogen-bond acceptors (Lipinski definition) is 2. The van der Waals surface area contributed by atoms with E-state index in [-0.39, 0.29) is 6.04 Å². The highest BCUT2D eigenvalue weighted by molar-refractivity contribution is 5.90. The van der Waals surface area contributed by atoms with Crippen molar-refractivity contribution in [2.24, 2.45) is 0 Å². The Kier molecular flexibility index (Phi) is 5.82. The minimum atomic E-state index is -4.42. The van der Waals surface area contributed by atoms with Gasteiger partial charge in [-0.3, -0.25) is 0 Å². The largest absolute Gasteiger partial charge is 0.405 e. The number of carbonyl (C=O) groups is 1. The van der Waals surface area contributed by atoms with E-state index in [2.05, 4.69) is 10.6 Å². The van der Waals surface area contributed by atoms with E-state index in [4.69, 9.17) is 0 Å². The number of nitrogens with one attached hydrogen (secondary N) is 3. The van der Waals surface area contributed by atoms with E-state index in [9.17, 15) is 18.0 Å². The summed E-state index contributed by atoms with van der Waals surface area (Å²) in [6.07, 6.45) is -4.42. The Morgan fingerprint density at radius 3 is 2.55 bits per heavy atom. The van der Waals surface area contributed by atoms with Crippen molar-refractivity contribution in [1.29, 1.82) is 0 Å². The van der Waals surface area contributed by atoms with Gasteiger partial charge in [0.1, 0.15) is 6.54 Å². The molecule has 0 aliphatic carbocycles. The Morgan fingerprint density at radius 1 is 1.30 bits per heavy atom. The molecule has 0 saturated heterocycles. The van der Waals surface area contributed by atoms with Crippen LogP contribution in [0.2, 0.25) is 0 Å². The van der Waals surface area contributed by atoms with Crippen molar-refractivity contribution in [2.45, 2.75) is 26.1 Å². The molecular weight excluding hydrogens is 271 g/mol. The third-order valence-corrected chi connectivity index (χ3v) is 2.64. The van der Waals surface area contributed by atoms with Crippen molar-refractivity contribution < 1.29 is 18.0 Å². The topological polar surface area (TPSA) is 53.2 Å². The van der Waals surface area contributed by atoms with Crippen LogP contribution in [0.5, 0.6) is 0 Å². The maximum atomic E-state index is 12.0. The second-order valence-electron chi connectivity index (χ2n) is 4.29. The van der Waals surface area contributed by atoms with Crippen molar-refractivity contribution in [3.05, 3.63) is 29.8 Å². The molecule has 7 heteroatoms. The van der Waals surface area contributed by atoms with Gasteiger partial charge in [0.25, 0.3) is 0 Å². The summed E-state index contributed by atoms with van der Waals surface area (Å²) in [5, 5.41) is 7.39. The number of alkyl halides is 3. The van der Waals surface area contributed by atoms with Crippen LogP contribution in [0.25, 0.3) is 0 Å². The number of amides is 2. The quantitative estimate of drug-likeness (QED) is 0.780. The van der Waals surface area contributed by atoms with Crippen molar-refractivity contribution in [3.63, 3.8) is 0 Å². The lowest BCUT2D eigenvalue weighted by atomic mass is 10.1. The number of anilines is 1. The van der Waals surface area contributed by atoms with Gasteiger partial charge in [-0.25, -0.2) is 4.79 Å². The maximum Gasteiger partial charge on any atom is 0.405 e. The lowest BCUT2D eigenvalue weighted by Gasteiger charge is -2.18. The zero-order chi connectivity index (χ0) is 15.2. The van der Waals surface area contributed by atoms with E-state index in [1.807, 2.05) is 26.0 Å². The fourth-order valence-electron chi connectivity index (χ4n) is 1.75. The van der Waals surface area contributed by atoms with Crippen LogP contribution in [0.4, 0.5) is 23.7 Å². The van der Waals surface area contributed by atoms with Gasteiger partial charge < -0.3 is 16.0 Å². The van der Waals surface area contributed by atoms with Crippen molar-refractivity contribution in [2.75, 3.05) is 18.4 Å². The summed E-state index contributed by atoms with van der Waals surface area (Å²) < 4.78 is 36.0. The molecule has 0 fully saturated rings. The van der Waals surface area contributed by atoms with E-state index in [0.29, 0.717) is 5.69 Å². The number of rotatable bonds is 5. The highest BCUT2D eigenvalue weighted by Crippen LogP contribution is 2.22. The fraction of sp³-hybridized carbons (Fsp3) is 0.462. The maximum absolute atomic E-state index is 12.0. The number of hydrogen-bond donors (Lipinski definition) is 3. The summed E-state index contributed by atoms with van der Waals surface area (Å²) in [6.45, 7) is 3.25. The van der Waals surface area contributed by atoms with E-state index in [1.165, 1.54) is 0 Å². The van der Waals surface area contributed by atoms with E-state index < -0.39 is 18.8 Å². The molecule has 0 saturated carbocycles. The molecule has 3 N–H and O–H groups in total. The molecule has 1 rings (SSSR count). The van der Waals surface area contributed by atoms with Gasteiger partial charge in [-0.15, -0.1) is 0 Å². The van der Waals surface area contributed by atoms with Crippen LogP contribution in [-0.4, -0.2) is 25.3 Å². The number of para-hydroxylation sites is 1. The van der Waals surface area contributed by atoms with Gasteiger partial charge in [-0.2, -0.15) is 13.2 Å². The molecular formula is C13H18F3N3O. The normalized spacial score (nSPS) is 12.8. The minimum absolute atomic E-state index is 0.0147. The Morgan fingerprint density at radius 2 is 1.95 bits per heavy atom. The first kappa shape index (κ1) is 16.3. The van der Waals surface area contributed by atoms with Gasteiger partial charge in [0.2, 0.25) is 0 Å². The first-order chi connectivity index (χ1) is 9.33. The molecule has 0 heterocycles. The molecule has 0 aliphatic rings. The number of carbonyl (C=O) groups excluding carboxylic acids is 1. The number of halogens is 3. The van der Waals surface area contributed by atoms with Crippen LogP contribution in [-0.2, 0) is 0 Å². The summed E-state index contributed by atoms with van der Waals surface area (Å²) >= 11 is 0. The van der Waals surface area contributed by atoms with Gasteiger partial charge in [0.05, 0.1) is 0 Å². The molecule has 0 aliphatic heterocycles. The zero-order valence-electron chi connectivity index (χ0n) is 11.3. The van der Waals surface area contributed by atoms with Gasteiger partial charge in [-0.05, 0) is 25.1 Å². The predicted octanol–water partition coefficient (Wildman–Crippen LogP) is 3.04. The Hall–Kier alpha value is -1.76. The standard InChI is InChI=1S/C13H18F3N3O/c1-3-17-9(2)10-6-4-5-7-11(10)19-12(20)18-8-13(14,15)16/h4-7,9,17H,3,8H2,1-2H3,(H2,18,19,20). The fourth-order valence-corrected chi connectivity index (χ4v) is 1.75. The average Bonchev–Trinajstić information content (AvgIpc) is 2.36. The first-order valence-corrected chi connectivity index (χ1v) is 6.27. The smallest absolute Gasteiger partial charge is 0.329 e. The molecule has 1 aromatic carbocycles. The van der Waals surface area contributed by atoms with Crippen LogP contribution in [0.15, 0.2) is 24.3 Å². The Balaban J connectivity index is 2.70. The molecule has 0 bridgehead atoms. The van der Waals surface area contributed by atoms with Gasteiger partial charge in [0, 0.05) is 11.7 Å². The van der Waals surface area contributed by atoms with Crippen molar-refractivity contribution >= 4 is 11.7 Å². The zero-order valence-corrected chi connectivity index (χ0v) is 11.3. The molecule has 2 amide bonds. The minimum Gasteiger partial charge on any atom is -0.329 e. The van der Waals surface area contributed by atoms with E-state index in [1.54, 1.807) is 17.4 Å². The van der Waals surface area contributed by atoms with E-state index in [0.717, 1.165) is 12.1 Å². The molecule has 1 aromatic rings.